The molecule has 3 rings (SSSR count). The van der Waals surface area contributed by atoms with Gasteiger partial charge in [0.2, 0.25) is 5.71 Å². The monoisotopic (exact) mass is 301 g/mol. The number of para-hydroxylation sites is 2. The van der Waals surface area contributed by atoms with Crippen LogP contribution >= 0.6 is 0 Å². The number of aromatic nitrogens is 1. The summed E-state index contributed by atoms with van der Waals surface area (Å²) in [5.74, 6) is -2.17. The number of oxazole rings is 1. The second-order valence-electron chi connectivity index (χ2n) is 4.51. The molecule has 0 aliphatic carbocycles. The van der Waals surface area contributed by atoms with Gasteiger partial charge in [-0.1, -0.05) is 12.1 Å². The van der Waals surface area contributed by atoms with Gasteiger partial charge in [0, 0.05) is 0 Å². The smallest absolute Gasteiger partial charge is 0.343 e. The Hall–Kier alpha value is -3.09. The molecular weight excluding hydrogens is 290 g/mol. The van der Waals surface area contributed by atoms with E-state index < -0.39 is 23.1 Å². The van der Waals surface area contributed by atoms with Crippen molar-refractivity contribution in [2.45, 2.75) is 6.92 Å². The highest BCUT2D eigenvalue weighted by atomic mass is 16.5. The number of benzene rings is 1. The lowest BCUT2D eigenvalue weighted by Crippen LogP contribution is -2.23. The third-order valence-corrected chi connectivity index (χ3v) is 3.19. The molecule has 1 N–H and O–H groups in total. The molecule has 0 saturated carbocycles. The first-order valence-corrected chi connectivity index (χ1v) is 6.52. The van der Waals surface area contributed by atoms with E-state index in [1.165, 1.54) is 0 Å². The Bertz CT molecular complexity index is 965. The van der Waals surface area contributed by atoms with Gasteiger partial charge >= 0.3 is 11.9 Å². The molecule has 3 aromatic rings. The van der Waals surface area contributed by atoms with Gasteiger partial charge in [0.15, 0.2) is 5.58 Å². The molecule has 0 fully saturated rings. The van der Waals surface area contributed by atoms with Crippen molar-refractivity contribution in [1.82, 2.24) is 4.40 Å². The number of nitrogens with zero attached hydrogens (tertiary/aromatic N) is 1. The highest BCUT2D eigenvalue weighted by Gasteiger charge is 2.23. The predicted molar refractivity (Wildman–Crippen MR) is 76.4 cm³/mol. The molecule has 2 heterocycles. The van der Waals surface area contributed by atoms with E-state index in [-0.39, 0.29) is 17.9 Å². The van der Waals surface area contributed by atoms with E-state index in [4.69, 9.17) is 9.15 Å². The van der Waals surface area contributed by atoms with E-state index in [9.17, 15) is 19.5 Å². The maximum Gasteiger partial charge on any atom is 0.343 e. The highest BCUT2D eigenvalue weighted by molar-refractivity contribution is 6.00. The largest absolute Gasteiger partial charge is 0.477 e. The number of hydrogen-bond donors (Lipinski definition) is 1. The molecule has 1 aromatic carbocycles. The quantitative estimate of drug-likeness (QED) is 0.742. The molecule has 0 amide bonds. The predicted octanol–water partition coefficient (Wildman–Crippen LogP) is 1.92. The first-order valence-electron chi connectivity index (χ1n) is 6.52. The molecule has 7 nitrogen and oxygen atoms in total. The van der Waals surface area contributed by atoms with Gasteiger partial charge in [0.1, 0.15) is 11.1 Å². The molecule has 0 atom stereocenters. The Morgan fingerprint density at radius 1 is 1.27 bits per heavy atom. The topological polar surface area (TPSA) is 98.2 Å². The number of esters is 1. The number of rotatable bonds is 3. The van der Waals surface area contributed by atoms with Crippen molar-refractivity contribution in [3.8, 4) is 0 Å². The second kappa shape index (κ2) is 5.03. The lowest BCUT2D eigenvalue weighted by molar-refractivity contribution is 0.0527. The number of ether oxygens (including phenoxy) is 1. The van der Waals surface area contributed by atoms with Crippen LogP contribution in [0.15, 0.2) is 39.5 Å². The van der Waals surface area contributed by atoms with Crippen LogP contribution in [-0.2, 0) is 4.74 Å². The third kappa shape index (κ3) is 1.95. The Morgan fingerprint density at radius 3 is 2.68 bits per heavy atom. The van der Waals surface area contributed by atoms with Crippen molar-refractivity contribution in [2.75, 3.05) is 6.61 Å². The number of hydrogen-bond acceptors (Lipinski definition) is 5. The maximum atomic E-state index is 12.3. The van der Waals surface area contributed by atoms with Gasteiger partial charge < -0.3 is 14.3 Å². The van der Waals surface area contributed by atoms with Gasteiger partial charge in [-0.05, 0) is 25.1 Å². The van der Waals surface area contributed by atoms with Gasteiger partial charge in [-0.2, -0.15) is 0 Å². The van der Waals surface area contributed by atoms with Crippen LogP contribution in [0.25, 0.3) is 16.8 Å². The van der Waals surface area contributed by atoms with E-state index in [0.717, 1.165) is 10.5 Å². The van der Waals surface area contributed by atoms with E-state index >= 15 is 0 Å². The number of carbonyl (C=O) groups is 2. The summed E-state index contributed by atoms with van der Waals surface area (Å²) in [7, 11) is 0. The third-order valence-electron chi connectivity index (χ3n) is 3.19. The fourth-order valence-electron chi connectivity index (χ4n) is 2.26. The molecule has 0 bridgehead atoms. The van der Waals surface area contributed by atoms with Gasteiger partial charge in [-0.3, -0.25) is 4.79 Å². The zero-order chi connectivity index (χ0) is 15.9. The Balaban J connectivity index is 2.49. The van der Waals surface area contributed by atoms with Crippen LogP contribution in [-0.4, -0.2) is 28.1 Å². The van der Waals surface area contributed by atoms with Gasteiger partial charge in [0.05, 0.1) is 12.1 Å². The fourth-order valence-corrected chi connectivity index (χ4v) is 2.26. The normalized spacial score (nSPS) is 11.0. The minimum absolute atomic E-state index is 0.0327. The number of carboxylic acid groups (broad SMARTS) is 1. The van der Waals surface area contributed by atoms with E-state index in [1.54, 1.807) is 31.2 Å². The molecule has 0 aliphatic rings. The first-order chi connectivity index (χ1) is 10.5. The second-order valence-corrected chi connectivity index (χ2v) is 4.51. The van der Waals surface area contributed by atoms with Crippen LogP contribution in [0.1, 0.15) is 27.6 Å². The van der Waals surface area contributed by atoms with Crippen LogP contribution in [0.3, 0.4) is 0 Å². The summed E-state index contributed by atoms with van der Waals surface area (Å²) >= 11 is 0. The van der Waals surface area contributed by atoms with Crippen LogP contribution < -0.4 is 5.56 Å². The number of carboxylic acids is 1. The molecule has 0 spiro atoms. The average molecular weight is 301 g/mol. The Morgan fingerprint density at radius 2 is 2.00 bits per heavy atom. The summed E-state index contributed by atoms with van der Waals surface area (Å²) in [6.45, 7) is 1.74. The lowest BCUT2D eigenvalue weighted by atomic mass is 10.2. The van der Waals surface area contributed by atoms with Crippen molar-refractivity contribution < 1.29 is 23.8 Å². The molecule has 0 aliphatic heterocycles. The van der Waals surface area contributed by atoms with Crippen molar-refractivity contribution >= 4 is 28.8 Å². The summed E-state index contributed by atoms with van der Waals surface area (Å²) in [4.78, 5) is 35.6. The van der Waals surface area contributed by atoms with Crippen molar-refractivity contribution in [3.05, 3.63) is 51.8 Å². The standard InChI is InChI=1S/C15H11NO6/c1-2-21-15(20)9-7-8(14(18)19)12(17)16-10-5-3-4-6-11(10)22-13(9)16/h3-7H,2H2,1H3,(H,18,19). The van der Waals surface area contributed by atoms with E-state index in [2.05, 4.69) is 0 Å². The molecule has 7 heteroatoms. The number of pyridine rings is 1. The van der Waals surface area contributed by atoms with E-state index in [0.29, 0.717) is 11.1 Å². The van der Waals surface area contributed by atoms with Crippen LogP contribution in [0, 0.1) is 0 Å². The molecule has 2 aromatic heterocycles. The molecule has 112 valence electrons. The minimum Gasteiger partial charge on any atom is -0.477 e. The molecule has 22 heavy (non-hydrogen) atoms. The molecular formula is C15H11NO6. The van der Waals surface area contributed by atoms with Crippen molar-refractivity contribution in [2.24, 2.45) is 0 Å². The summed E-state index contributed by atoms with van der Waals surface area (Å²) in [6.07, 6.45) is 0. The van der Waals surface area contributed by atoms with Crippen LogP contribution in [0.4, 0.5) is 0 Å². The SMILES string of the molecule is CCOC(=O)c1cc(C(=O)O)c(=O)n2c1oc1ccccc12. The average Bonchev–Trinajstić information content (AvgIpc) is 2.87. The lowest BCUT2D eigenvalue weighted by Gasteiger charge is -2.04. The highest BCUT2D eigenvalue weighted by Crippen LogP contribution is 2.22. The maximum absolute atomic E-state index is 12.3. The summed E-state index contributed by atoms with van der Waals surface area (Å²) in [5.41, 5.74) is -0.666. The van der Waals surface area contributed by atoms with Gasteiger partial charge in [-0.15, -0.1) is 0 Å². The zero-order valence-electron chi connectivity index (χ0n) is 11.5. The van der Waals surface area contributed by atoms with Gasteiger partial charge in [0.25, 0.3) is 5.56 Å². The Labute approximate surface area is 123 Å². The fraction of sp³-hybridized carbons (Fsp3) is 0.133. The van der Waals surface area contributed by atoms with Crippen molar-refractivity contribution in [1.29, 1.82) is 0 Å². The number of aromatic carboxylic acids is 1. The van der Waals surface area contributed by atoms with Crippen LogP contribution in [0.5, 0.6) is 0 Å². The molecule has 0 unspecified atom stereocenters. The first kappa shape index (κ1) is 13.9. The van der Waals surface area contributed by atoms with Gasteiger partial charge in [-0.25, -0.2) is 14.0 Å². The summed E-state index contributed by atoms with van der Waals surface area (Å²) in [5, 5.41) is 9.17. The number of fused-ring (bicyclic) bond motifs is 3. The summed E-state index contributed by atoms with van der Waals surface area (Å²) in [6, 6.07) is 7.60. The minimum atomic E-state index is -1.42. The zero-order valence-corrected chi connectivity index (χ0v) is 11.5. The molecule has 0 radical (unpaired) electrons. The van der Waals surface area contributed by atoms with Crippen molar-refractivity contribution in [3.63, 3.8) is 0 Å². The Kier molecular flexibility index (Phi) is 3.17. The van der Waals surface area contributed by atoms with Crippen LogP contribution in [0.2, 0.25) is 0 Å². The molecule has 0 saturated heterocycles. The van der Waals surface area contributed by atoms with E-state index in [1.807, 2.05) is 0 Å². The summed E-state index contributed by atoms with van der Waals surface area (Å²) < 4.78 is 11.5. The number of carbonyl (C=O) groups excluding carboxylic acids is 1.